The summed E-state index contributed by atoms with van der Waals surface area (Å²) in [6.07, 6.45) is 2.22. The lowest BCUT2D eigenvalue weighted by molar-refractivity contribution is -0.131. The lowest BCUT2D eigenvalue weighted by atomic mass is 10.1. The van der Waals surface area contributed by atoms with E-state index >= 15 is 0 Å². The molecule has 0 spiro atoms. The Hall–Kier alpha value is -1.13. The molecule has 1 atom stereocenters. The van der Waals surface area contributed by atoms with E-state index in [9.17, 15) is 4.79 Å². The molecule has 2 N–H and O–H groups in total. The summed E-state index contributed by atoms with van der Waals surface area (Å²) in [5.74, 6) is -0.884. The lowest BCUT2D eigenvalue weighted by Gasteiger charge is -2.12. The average molecular weight is 239 g/mol. The molecule has 1 heterocycles. The SMILES string of the molecule is C/C(=C\C(=O)O)CNC(C)Cc1ccsc1. The molecule has 16 heavy (non-hydrogen) atoms. The fourth-order valence-electron chi connectivity index (χ4n) is 1.43. The molecule has 1 rings (SSSR count). The molecule has 1 unspecified atom stereocenters. The van der Waals surface area contributed by atoms with Crippen molar-refractivity contribution in [3.8, 4) is 0 Å². The van der Waals surface area contributed by atoms with E-state index in [0.29, 0.717) is 12.6 Å². The van der Waals surface area contributed by atoms with Crippen LogP contribution in [-0.4, -0.2) is 23.7 Å². The van der Waals surface area contributed by atoms with Gasteiger partial charge < -0.3 is 10.4 Å². The Labute approximate surface area is 99.8 Å². The van der Waals surface area contributed by atoms with E-state index in [1.54, 1.807) is 11.3 Å². The predicted octanol–water partition coefficient (Wildman–Crippen LogP) is 2.30. The van der Waals surface area contributed by atoms with Crippen molar-refractivity contribution >= 4 is 17.3 Å². The molecule has 0 saturated carbocycles. The molecule has 1 aromatic heterocycles. The molecule has 0 aliphatic rings. The van der Waals surface area contributed by atoms with Crippen molar-refractivity contribution in [1.82, 2.24) is 5.32 Å². The van der Waals surface area contributed by atoms with Crippen molar-refractivity contribution < 1.29 is 9.90 Å². The van der Waals surface area contributed by atoms with Crippen LogP contribution in [0.25, 0.3) is 0 Å². The average Bonchev–Trinajstić information content (AvgIpc) is 2.66. The summed E-state index contributed by atoms with van der Waals surface area (Å²) in [6.45, 7) is 4.54. The topological polar surface area (TPSA) is 49.3 Å². The number of thiophene rings is 1. The van der Waals surface area contributed by atoms with Crippen molar-refractivity contribution in [3.05, 3.63) is 34.0 Å². The van der Waals surface area contributed by atoms with E-state index < -0.39 is 5.97 Å². The van der Waals surface area contributed by atoms with Gasteiger partial charge in [-0.1, -0.05) is 5.57 Å². The monoisotopic (exact) mass is 239 g/mol. The molecule has 0 aromatic carbocycles. The lowest BCUT2D eigenvalue weighted by Crippen LogP contribution is -2.29. The van der Waals surface area contributed by atoms with Gasteiger partial charge in [0.15, 0.2) is 0 Å². The second kappa shape index (κ2) is 6.45. The first kappa shape index (κ1) is 12.9. The Morgan fingerprint density at radius 3 is 3.00 bits per heavy atom. The van der Waals surface area contributed by atoms with Crippen LogP contribution in [0.3, 0.4) is 0 Å². The molecule has 0 amide bonds. The second-order valence-electron chi connectivity index (χ2n) is 3.95. The number of nitrogens with one attached hydrogen (secondary N) is 1. The summed E-state index contributed by atoms with van der Waals surface area (Å²) in [5, 5.41) is 16.1. The number of hydrogen-bond acceptors (Lipinski definition) is 3. The molecule has 0 saturated heterocycles. The third-order valence-corrected chi connectivity index (χ3v) is 2.95. The van der Waals surface area contributed by atoms with Gasteiger partial charge in [-0.2, -0.15) is 11.3 Å². The fourth-order valence-corrected chi connectivity index (χ4v) is 2.11. The van der Waals surface area contributed by atoms with Crippen molar-refractivity contribution in [2.75, 3.05) is 6.54 Å². The smallest absolute Gasteiger partial charge is 0.328 e. The van der Waals surface area contributed by atoms with Crippen LogP contribution in [0.4, 0.5) is 0 Å². The Balaban J connectivity index is 2.30. The fraction of sp³-hybridized carbons (Fsp3) is 0.417. The molecule has 0 fully saturated rings. The zero-order valence-electron chi connectivity index (χ0n) is 9.56. The number of aliphatic carboxylic acids is 1. The maximum absolute atomic E-state index is 10.4. The van der Waals surface area contributed by atoms with Crippen molar-refractivity contribution in [2.45, 2.75) is 26.3 Å². The van der Waals surface area contributed by atoms with Gasteiger partial charge in [0.05, 0.1) is 0 Å². The van der Waals surface area contributed by atoms with E-state index in [-0.39, 0.29) is 0 Å². The Bertz CT molecular complexity index is 357. The van der Waals surface area contributed by atoms with Crippen molar-refractivity contribution in [2.24, 2.45) is 0 Å². The van der Waals surface area contributed by atoms with Crippen LogP contribution >= 0.6 is 11.3 Å². The van der Waals surface area contributed by atoms with Gasteiger partial charge in [0, 0.05) is 18.7 Å². The van der Waals surface area contributed by atoms with Gasteiger partial charge in [-0.05, 0) is 42.7 Å². The third-order valence-electron chi connectivity index (χ3n) is 2.22. The summed E-state index contributed by atoms with van der Waals surface area (Å²) < 4.78 is 0. The van der Waals surface area contributed by atoms with Gasteiger partial charge in [0.2, 0.25) is 0 Å². The minimum Gasteiger partial charge on any atom is -0.478 e. The van der Waals surface area contributed by atoms with Gasteiger partial charge in [-0.15, -0.1) is 0 Å². The van der Waals surface area contributed by atoms with Crippen molar-refractivity contribution in [1.29, 1.82) is 0 Å². The minimum absolute atomic E-state index is 0.353. The van der Waals surface area contributed by atoms with E-state index in [1.165, 1.54) is 11.6 Å². The first-order valence-electron chi connectivity index (χ1n) is 5.22. The first-order chi connectivity index (χ1) is 7.58. The van der Waals surface area contributed by atoms with Crippen LogP contribution in [0, 0.1) is 0 Å². The molecular weight excluding hydrogens is 222 g/mol. The minimum atomic E-state index is -0.884. The van der Waals surface area contributed by atoms with Gasteiger partial charge in [0.1, 0.15) is 0 Å². The van der Waals surface area contributed by atoms with Gasteiger partial charge in [-0.25, -0.2) is 4.79 Å². The largest absolute Gasteiger partial charge is 0.478 e. The maximum Gasteiger partial charge on any atom is 0.328 e. The molecular formula is C12H17NO2S. The van der Waals surface area contributed by atoms with Gasteiger partial charge in [-0.3, -0.25) is 0 Å². The quantitative estimate of drug-likeness (QED) is 0.749. The van der Waals surface area contributed by atoms with E-state index in [0.717, 1.165) is 12.0 Å². The van der Waals surface area contributed by atoms with Crippen LogP contribution in [0.1, 0.15) is 19.4 Å². The number of rotatable bonds is 6. The summed E-state index contributed by atoms with van der Waals surface area (Å²) >= 11 is 1.70. The molecule has 0 radical (unpaired) electrons. The van der Waals surface area contributed by atoms with Crippen LogP contribution in [-0.2, 0) is 11.2 Å². The van der Waals surface area contributed by atoms with Crippen LogP contribution in [0.15, 0.2) is 28.5 Å². The predicted molar refractivity (Wildman–Crippen MR) is 66.9 cm³/mol. The van der Waals surface area contributed by atoms with Crippen LogP contribution in [0.5, 0.6) is 0 Å². The Morgan fingerprint density at radius 2 is 2.44 bits per heavy atom. The Morgan fingerprint density at radius 1 is 1.69 bits per heavy atom. The van der Waals surface area contributed by atoms with E-state index in [4.69, 9.17) is 5.11 Å². The van der Waals surface area contributed by atoms with E-state index in [1.807, 2.05) is 6.92 Å². The van der Waals surface area contributed by atoms with Crippen molar-refractivity contribution in [3.63, 3.8) is 0 Å². The summed E-state index contributed by atoms with van der Waals surface area (Å²) in [6, 6.07) is 2.47. The highest BCUT2D eigenvalue weighted by atomic mass is 32.1. The second-order valence-corrected chi connectivity index (χ2v) is 4.73. The number of carboxylic acids is 1. The van der Waals surface area contributed by atoms with Gasteiger partial charge in [0.25, 0.3) is 0 Å². The molecule has 0 aliphatic carbocycles. The molecule has 88 valence electrons. The summed E-state index contributed by atoms with van der Waals surface area (Å²) in [7, 11) is 0. The normalized spacial score (nSPS) is 13.8. The summed E-state index contributed by atoms with van der Waals surface area (Å²) in [5.41, 5.74) is 2.16. The van der Waals surface area contributed by atoms with Gasteiger partial charge >= 0.3 is 5.97 Å². The highest BCUT2D eigenvalue weighted by Gasteiger charge is 2.03. The highest BCUT2D eigenvalue weighted by Crippen LogP contribution is 2.08. The van der Waals surface area contributed by atoms with E-state index in [2.05, 4.69) is 29.1 Å². The molecule has 0 bridgehead atoms. The Kier molecular flexibility index (Phi) is 5.22. The molecule has 1 aromatic rings. The standard InChI is InChI=1S/C12H17NO2S/c1-9(5-12(14)15)7-13-10(2)6-11-3-4-16-8-11/h3-5,8,10,13H,6-7H2,1-2H3,(H,14,15)/b9-5+. The molecule has 3 nitrogen and oxygen atoms in total. The van der Waals surface area contributed by atoms with Crippen LogP contribution < -0.4 is 5.32 Å². The zero-order chi connectivity index (χ0) is 12.0. The van der Waals surface area contributed by atoms with Crippen LogP contribution in [0.2, 0.25) is 0 Å². The third kappa shape index (κ3) is 5.09. The maximum atomic E-state index is 10.4. The highest BCUT2D eigenvalue weighted by molar-refractivity contribution is 7.07. The number of carbonyl (C=O) groups is 1. The number of carboxylic acid groups (broad SMARTS) is 1. The molecule has 4 heteroatoms. The zero-order valence-corrected chi connectivity index (χ0v) is 10.4. The molecule has 0 aliphatic heterocycles. The summed E-state index contributed by atoms with van der Waals surface area (Å²) in [4.78, 5) is 10.4. The first-order valence-corrected chi connectivity index (χ1v) is 6.16. The number of hydrogen-bond donors (Lipinski definition) is 2.